The van der Waals surface area contributed by atoms with Crippen molar-refractivity contribution in [1.29, 1.82) is 0 Å². The van der Waals surface area contributed by atoms with Gasteiger partial charge in [0.05, 0.1) is 0 Å². The molecule has 0 atom stereocenters. The van der Waals surface area contributed by atoms with E-state index in [4.69, 9.17) is 10.3 Å². The molecule has 0 aliphatic rings. The third kappa shape index (κ3) is 2.13. The second kappa shape index (κ2) is 4.84. The van der Waals surface area contributed by atoms with Gasteiger partial charge in [0.25, 0.3) is 0 Å². The van der Waals surface area contributed by atoms with Crippen LogP contribution in [-0.4, -0.2) is 5.16 Å². The molecule has 2 N–H and O–H groups in total. The SMILES string of the molecule is CCCc1c(N)noc1-c1c(C)cc(C)cc1C. The van der Waals surface area contributed by atoms with Gasteiger partial charge in [-0.15, -0.1) is 0 Å². The Morgan fingerprint density at radius 3 is 2.33 bits per heavy atom. The molecule has 0 radical (unpaired) electrons. The summed E-state index contributed by atoms with van der Waals surface area (Å²) < 4.78 is 5.46. The van der Waals surface area contributed by atoms with Gasteiger partial charge >= 0.3 is 0 Å². The minimum atomic E-state index is 0.520. The van der Waals surface area contributed by atoms with Crippen LogP contribution in [0.2, 0.25) is 0 Å². The summed E-state index contributed by atoms with van der Waals surface area (Å²) in [6, 6.07) is 4.33. The highest BCUT2D eigenvalue weighted by Gasteiger charge is 2.18. The summed E-state index contributed by atoms with van der Waals surface area (Å²) >= 11 is 0. The zero-order valence-electron chi connectivity index (χ0n) is 11.5. The third-order valence-corrected chi connectivity index (χ3v) is 3.22. The molecule has 96 valence electrons. The fraction of sp³-hybridized carbons (Fsp3) is 0.400. The van der Waals surface area contributed by atoms with Gasteiger partial charge in [0.2, 0.25) is 0 Å². The van der Waals surface area contributed by atoms with E-state index >= 15 is 0 Å². The number of aryl methyl sites for hydroxylation is 3. The zero-order valence-corrected chi connectivity index (χ0v) is 11.5. The van der Waals surface area contributed by atoms with E-state index in [1.54, 1.807) is 0 Å². The van der Waals surface area contributed by atoms with E-state index in [1.165, 1.54) is 16.7 Å². The van der Waals surface area contributed by atoms with E-state index in [0.29, 0.717) is 5.82 Å². The first-order valence-electron chi connectivity index (χ1n) is 6.36. The lowest BCUT2D eigenvalue weighted by Gasteiger charge is -2.10. The maximum absolute atomic E-state index is 5.89. The lowest BCUT2D eigenvalue weighted by Crippen LogP contribution is -1.95. The van der Waals surface area contributed by atoms with Gasteiger partial charge in [0.15, 0.2) is 11.6 Å². The van der Waals surface area contributed by atoms with Crippen LogP contribution in [0.25, 0.3) is 11.3 Å². The predicted molar refractivity (Wildman–Crippen MR) is 74.6 cm³/mol. The average Bonchev–Trinajstić information content (AvgIpc) is 2.61. The average molecular weight is 244 g/mol. The van der Waals surface area contributed by atoms with Gasteiger partial charge in [-0.1, -0.05) is 36.2 Å². The highest BCUT2D eigenvalue weighted by atomic mass is 16.5. The van der Waals surface area contributed by atoms with E-state index in [0.717, 1.165) is 29.7 Å². The second-order valence-corrected chi connectivity index (χ2v) is 4.90. The number of nitrogen functional groups attached to an aromatic ring is 1. The van der Waals surface area contributed by atoms with E-state index in [1.807, 2.05) is 0 Å². The summed E-state index contributed by atoms with van der Waals surface area (Å²) in [5.41, 5.74) is 11.7. The van der Waals surface area contributed by atoms with Gasteiger partial charge < -0.3 is 10.3 Å². The van der Waals surface area contributed by atoms with Crippen molar-refractivity contribution in [2.24, 2.45) is 0 Å². The topological polar surface area (TPSA) is 52.0 Å². The Morgan fingerprint density at radius 1 is 1.17 bits per heavy atom. The van der Waals surface area contributed by atoms with Crippen LogP contribution in [0.1, 0.15) is 35.6 Å². The molecule has 0 spiro atoms. The summed E-state index contributed by atoms with van der Waals surface area (Å²) in [6.07, 6.45) is 1.93. The number of anilines is 1. The van der Waals surface area contributed by atoms with E-state index < -0.39 is 0 Å². The molecule has 0 aliphatic carbocycles. The Morgan fingerprint density at radius 2 is 1.78 bits per heavy atom. The van der Waals surface area contributed by atoms with Crippen LogP contribution in [0.5, 0.6) is 0 Å². The van der Waals surface area contributed by atoms with Crippen molar-refractivity contribution in [2.75, 3.05) is 5.73 Å². The van der Waals surface area contributed by atoms with Crippen molar-refractivity contribution < 1.29 is 4.52 Å². The molecule has 0 bridgehead atoms. The van der Waals surface area contributed by atoms with Gasteiger partial charge in [0, 0.05) is 11.1 Å². The molecule has 0 aliphatic heterocycles. The van der Waals surface area contributed by atoms with Crippen molar-refractivity contribution in [3.05, 3.63) is 34.4 Å². The molecule has 2 rings (SSSR count). The number of aromatic nitrogens is 1. The highest BCUT2D eigenvalue weighted by molar-refractivity contribution is 5.72. The molecule has 0 saturated heterocycles. The molecule has 0 amide bonds. The molecule has 2 aromatic rings. The van der Waals surface area contributed by atoms with Crippen LogP contribution in [0.4, 0.5) is 5.82 Å². The Bertz CT molecular complexity index is 547. The number of nitrogens with two attached hydrogens (primary N) is 1. The highest BCUT2D eigenvalue weighted by Crippen LogP contribution is 2.34. The Kier molecular flexibility index (Phi) is 3.41. The number of rotatable bonds is 3. The van der Waals surface area contributed by atoms with E-state index in [9.17, 15) is 0 Å². The second-order valence-electron chi connectivity index (χ2n) is 4.90. The van der Waals surface area contributed by atoms with Crippen molar-refractivity contribution in [3.8, 4) is 11.3 Å². The lowest BCUT2D eigenvalue weighted by atomic mass is 9.95. The molecule has 18 heavy (non-hydrogen) atoms. The maximum atomic E-state index is 5.89. The monoisotopic (exact) mass is 244 g/mol. The Hall–Kier alpha value is -1.77. The lowest BCUT2D eigenvalue weighted by molar-refractivity contribution is 0.434. The Balaban J connectivity index is 2.62. The van der Waals surface area contributed by atoms with Crippen LogP contribution in [-0.2, 0) is 6.42 Å². The molecule has 0 unspecified atom stereocenters. The number of hydrogen-bond donors (Lipinski definition) is 1. The number of hydrogen-bond acceptors (Lipinski definition) is 3. The van der Waals surface area contributed by atoms with Crippen LogP contribution in [0.3, 0.4) is 0 Å². The molecule has 3 nitrogen and oxygen atoms in total. The van der Waals surface area contributed by atoms with E-state index in [-0.39, 0.29) is 0 Å². The van der Waals surface area contributed by atoms with Crippen LogP contribution in [0.15, 0.2) is 16.7 Å². The number of benzene rings is 1. The summed E-state index contributed by atoms with van der Waals surface area (Å²) in [6.45, 7) is 8.43. The molecule has 1 heterocycles. The fourth-order valence-electron chi connectivity index (χ4n) is 2.55. The predicted octanol–water partition coefficient (Wildman–Crippen LogP) is 3.80. The number of nitrogens with zero attached hydrogens (tertiary/aromatic N) is 1. The summed E-state index contributed by atoms with van der Waals surface area (Å²) in [7, 11) is 0. The zero-order chi connectivity index (χ0) is 13.3. The standard InChI is InChI=1S/C15H20N2O/c1-5-6-12-14(18-17-15(12)16)13-10(3)7-9(2)8-11(13)4/h7-8H,5-6H2,1-4H3,(H2,16,17). The van der Waals surface area contributed by atoms with Crippen LogP contribution < -0.4 is 5.73 Å². The van der Waals surface area contributed by atoms with Crippen molar-refractivity contribution in [2.45, 2.75) is 40.5 Å². The van der Waals surface area contributed by atoms with Gasteiger partial charge in [-0.05, 0) is 38.3 Å². The van der Waals surface area contributed by atoms with Gasteiger partial charge in [-0.2, -0.15) is 0 Å². The van der Waals surface area contributed by atoms with Gasteiger partial charge in [-0.3, -0.25) is 0 Å². The molecule has 0 saturated carbocycles. The van der Waals surface area contributed by atoms with Gasteiger partial charge in [-0.25, -0.2) is 0 Å². The fourth-order valence-corrected chi connectivity index (χ4v) is 2.55. The quantitative estimate of drug-likeness (QED) is 0.893. The van der Waals surface area contributed by atoms with Crippen molar-refractivity contribution >= 4 is 5.82 Å². The normalized spacial score (nSPS) is 10.9. The van der Waals surface area contributed by atoms with Crippen molar-refractivity contribution in [3.63, 3.8) is 0 Å². The largest absolute Gasteiger partial charge is 0.381 e. The molecule has 1 aromatic heterocycles. The molecular formula is C15H20N2O. The summed E-state index contributed by atoms with van der Waals surface area (Å²) in [5, 5.41) is 3.92. The molecule has 1 aromatic carbocycles. The Labute approximate surface area is 108 Å². The minimum absolute atomic E-state index is 0.520. The summed E-state index contributed by atoms with van der Waals surface area (Å²) in [4.78, 5) is 0. The smallest absolute Gasteiger partial charge is 0.172 e. The van der Waals surface area contributed by atoms with E-state index in [2.05, 4.69) is 45.0 Å². The van der Waals surface area contributed by atoms with Crippen molar-refractivity contribution in [1.82, 2.24) is 5.16 Å². The summed E-state index contributed by atoms with van der Waals surface area (Å²) in [5.74, 6) is 1.36. The maximum Gasteiger partial charge on any atom is 0.172 e. The van der Waals surface area contributed by atoms with Gasteiger partial charge in [0.1, 0.15) is 0 Å². The minimum Gasteiger partial charge on any atom is -0.381 e. The first-order valence-corrected chi connectivity index (χ1v) is 6.36. The van der Waals surface area contributed by atoms with Crippen LogP contribution >= 0.6 is 0 Å². The molecule has 0 fully saturated rings. The molecule has 3 heteroatoms. The first kappa shape index (κ1) is 12.7. The third-order valence-electron chi connectivity index (χ3n) is 3.22. The first-order chi connectivity index (χ1) is 8.54. The van der Waals surface area contributed by atoms with Crippen LogP contribution in [0, 0.1) is 20.8 Å². The molecular weight excluding hydrogens is 224 g/mol.